The molecule has 0 radical (unpaired) electrons. The van der Waals surface area contributed by atoms with Crippen LogP contribution >= 0.6 is 0 Å². The maximum absolute atomic E-state index is 11.9. The van der Waals surface area contributed by atoms with Crippen molar-refractivity contribution >= 4 is 5.97 Å². The fourth-order valence-electron chi connectivity index (χ4n) is 2.94. The van der Waals surface area contributed by atoms with Crippen molar-refractivity contribution < 1.29 is 9.53 Å². The molecule has 1 atom stereocenters. The Morgan fingerprint density at radius 2 is 1.58 bits per heavy atom. The maximum atomic E-state index is 11.9. The summed E-state index contributed by atoms with van der Waals surface area (Å²) in [6, 6.07) is 19.9. The second-order valence-corrected chi connectivity index (χ2v) is 6.29. The van der Waals surface area contributed by atoms with Gasteiger partial charge in [-0.15, -0.1) is 0 Å². The van der Waals surface area contributed by atoms with Gasteiger partial charge < -0.3 is 9.64 Å². The Morgan fingerprint density at radius 1 is 1.04 bits per heavy atom. The van der Waals surface area contributed by atoms with Crippen LogP contribution in [0.15, 0.2) is 72.8 Å². The average Bonchev–Trinajstić information content (AvgIpc) is 2.55. The van der Waals surface area contributed by atoms with Gasteiger partial charge in [-0.05, 0) is 25.2 Å². The summed E-state index contributed by atoms with van der Waals surface area (Å²) in [4.78, 5) is 14.0. The van der Waals surface area contributed by atoms with Crippen LogP contribution in [0.4, 0.5) is 0 Å². The van der Waals surface area contributed by atoms with E-state index in [1.807, 2.05) is 79.7 Å². The van der Waals surface area contributed by atoms with Gasteiger partial charge in [0.05, 0.1) is 0 Å². The van der Waals surface area contributed by atoms with Gasteiger partial charge in [0.25, 0.3) is 0 Å². The third-order valence-electron chi connectivity index (χ3n) is 3.93. The number of benzene rings is 2. The normalized spacial score (nSPS) is 13.3. The van der Waals surface area contributed by atoms with Crippen LogP contribution in [0.3, 0.4) is 0 Å². The molecule has 0 bridgehead atoms. The van der Waals surface area contributed by atoms with Crippen molar-refractivity contribution in [2.75, 3.05) is 20.6 Å². The van der Waals surface area contributed by atoms with Crippen molar-refractivity contribution in [3.8, 4) is 0 Å². The lowest BCUT2D eigenvalue weighted by atomic mass is 9.81. The number of rotatable bonds is 7. The molecule has 3 heteroatoms. The van der Waals surface area contributed by atoms with Crippen LogP contribution < -0.4 is 0 Å². The van der Waals surface area contributed by atoms with Crippen LogP contribution in [0.25, 0.3) is 0 Å². The maximum Gasteiger partial charge on any atom is 0.303 e. The molecule has 2 rings (SSSR count). The molecular weight excluding hydrogens is 298 g/mol. The highest BCUT2D eigenvalue weighted by Crippen LogP contribution is 2.37. The summed E-state index contributed by atoms with van der Waals surface area (Å²) in [5.41, 5.74) is 2.02. The SMILES string of the molecule is C=C(CN(C)C)C(Cc1ccccc1)(OC(C)=O)c1ccccc1. The number of likely N-dealkylation sites (N-methyl/N-ethyl adjacent to an activating group) is 1. The first kappa shape index (κ1) is 18.0. The molecule has 126 valence electrons. The summed E-state index contributed by atoms with van der Waals surface area (Å²) in [6.45, 7) is 6.36. The van der Waals surface area contributed by atoms with Crippen molar-refractivity contribution in [3.05, 3.63) is 83.9 Å². The Kier molecular flexibility index (Phi) is 5.93. The van der Waals surface area contributed by atoms with E-state index in [0.29, 0.717) is 13.0 Å². The van der Waals surface area contributed by atoms with E-state index in [-0.39, 0.29) is 5.97 Å². The topological polar surface area (TPSA) is 29.5 Å². The molecule has 0 fully saturated rings. The highest BCUT2D eigenvalue weighted by molar-refractivity contribution is 5.67. The van der Waals surface area contributed by atoms with E-state index in [0.717, 1.165) is 16.7 Å². The lowest BCUT2D eigenvalue weighted by Crippen LogP contribution is -2.39. The third kappa shape index (κ3) is 4.33. The predicted molar refractivity (Wildman–Crippen MR) is 97.7 cm³/mol. The molecule has 2 aromatic carbocycles. The van der Waals surface area contributed by atoms with Crippen molar-refractivity contribution in [3.63, 3.8) is 0 Å². The number of ether oxygens (including phenoxy) is 1. The summed E-state index contributed by atoms with van der Waals surface area (Å²) in [5.74, 6) is -0.310. The zero-order valence-electron chi connectivity index (χ0n) is 14.7. The largest absolute Gasteiger partial charge is 0.449 e. The smallest absolute Gasteiger partial charge is 0.303 e. The van der Waals surface area contributed by atoms with Crippen molar-refractivity contribution in [2.45, 2.75) is 18.9 Å². The molecule has 3 nitrogen and oxygen atoms in total. The van der Waals surface area contributed by atoms with Gasteiger partial charge in [0.15, 0.2) is 5.60 Å². The van der Waals surface area contributed by atoms with Crippen LogP contribution in [-0.4, -0.2) is 31.5 Å². The molecule has 0 aromatic heterocycles. The van der Waals surface area contributed by atoms with Crippen molar-refractivity contribution in [2.24, 2.45) is 0 Å². The van der Waals surface area contributed by atoms with E-state index < -0.39 is 5.60 Å². The summed E-state index contributed by atoms with van der Waals surface area (Å²) in [7, 11) is 3.97. The fourth-order valence-corrected chi connectivity index (χ4v) is 2.94. The molecule has 0 heterocycles. The fraction of sp³-hybridized carbons (Fsp3) is 0.286. The van der Waals surface area contributed by atoms with E-state index in [1.54, 1.807) is 0 Å². The number of carbonyl (C=O) groups is 1. The van der Waals surface area contributed by atoms with Crippen molar-refractivity contribution in [1.29, 1.82) is 0 Å². The Hall–Kier alpha value is -2.39. The van der Waals surface area contributed by atoms with Crippen LogP contribution in [-0.2, 0) is 21.6 Å². The molecular formula is C21H25NO2. The molecule has 0 saturated carbocycles. The van der Waals surface area contributed by atoms with E-state index in [9.17, 15) is 4.79 Å². The van der Waals surface area contributed by atoms with Gasteiger partial charge in [-0.25, -0.2) is 0 Å². The minimum atomic E-state index is -0.876. The van der Waals surface area contributed by atoms with Gasteiger partial charge >= 0.3 is 5.97 Å². The average molecular weight is 323 g/mol. The number of carbonyl (C=O) groups excluding carboxylic acids is 1. The van der Waals surface area contributed by atoms with Gasteiger partial charge in [0.2, 0.25) is 0 Å². The molecule has 2 aromatic rings. The van der Waals surface area contributed by atoms with Crippen LogP contribution in [0.5, 0.6) is 0 Å². The lowest BCUT2D eigenvalue weighted by Gasteiger charge is -2.37. The molecule has 0 aliphatic rings. The molecule has 24 heavy (non-hydrogen) atoms. The zero-order chi connectivity index (χ0) is 17.6. The molecule has 0 saturated heterocycles. The quantitative estimate of drug-likeness (QED) is 0.573. The number of hydrogen-bond donors (Lipinski definition) is 0. The number of nitrogens with zero attached hydrogens (tertiary/aromatic N) is 1. The second kappa shape index (κ2) is 7.93. The van der Waals surface area contributed by atoms with Crippen LogP contribution in [0.1, 0.15) is 18.1 Å². The Bertz CT molecular complexity index is 679. The molecule has 0 aliphatic carbocycles. The molecule has 0 spiro atoms. The Balaban J connectivity index is 2.54. The number of hydrogen-bond acceptors (Lipinski definition) is 3. The summed E-state index contributed by atoms with van der Waals surface area (Å²) in [6.07, 6.45) is 0.560. The molecule has 0 amide bonds. The summed E-state index contributed by atoms with van der Waals surface area (Å²) in [5, 5.41) is 0. The minimum absolute atomic E-state index is 0.310. The van der Waals surface area contributed by atoms with Gasteiger partial charge in [0, 0.05) is 25.5 Å². The minimum Gasteiger partial charge on any atom is -0.449 e. The van der Waals surface area contributed by atoms with E-state index >= 15 is 0 Å². The van der Waals surface area contributed by atoms with Gasteiger partial charge in [0.1, 0.15) is 0 Å². The first-order valence-corrected chi connectivity index (χ1v) is 8.06. The Morgan fingerprint density at radius 3 is 2.08 bits per heavy atom. The summed E-state index contributed by atoms with van der Waals surface area (Å²) >= 11 is 0. The van der Waals surface area contributed by atoms with Crippen molar-refractivity contribution in [1.82, 2.24) is 4.90 Å². The second-order valence-electron chi connectivity index (χ2n) is 6.29. The van der Waals surface area contributed by atoms with E-state index in [1.165, 1.54) is 6.92 Å². The first-order valence-electron chi connectivity index (χ1n) is 8.06. The van der Waals surface area contributed by atoms with E-state index in [2.05, 4.69) is 6.58 Å². The zero-order valence-corrected chi connectivity index (χ0v) is 14.7. The molecule has 1 unspecified atom stereocenters. The van der Waals surface area contributed by atoms with Crippen LogP contribution in [0, 0.1) is 0 Å². The number of esters is 1. The highest BCUT2D eigenvalue weighted by atomic mass is 16.6. The van der Waals surface area contributed by atoms with Gasteiger partial charge in [-0.1, -0.05) is 67.2 Å². The van der Waals surface area contributed by atoms with E-state index in [4.69, 9.17) is 4.74 Å². The third-order valence-corrected chi connectivity index (χ3v) is 3.93. The monoisotopic (exact) mass is 323 g/mol. The van der Waals surface area contributed by atoms with Gasteiger partial charge in [-0.2, -0.15) is 0 Å². The predicted octanol–water partition coefficient (Wildman–Crippen LogP) is 3.81. The molecule has 0 aliphatic heterocycles. The standard InChI is InChI=1S/C21H25NO2/c1-17(16-22(3)4)21(24-18(2)23,20-13-9-6-10-14-20)15-19-11-7-5-8-12-19/h5-14H,1,15-16H2,2-4H3. The summed E-state index contributed by atoms with van der Waals surface area (Å²) < 4.78 is 5.93. The lowest BCUT2D eigenvalue weighted by molar-refractivity contribution is -0.154. The van der Waals surface area contributed by atoms with Crippen LogP contribution in [0.2, 0.25) is 0 Å². The highest BCUT2D eigenvalue weighted by Gasteiger charge is 2.39. The van der Waals surface area contributed by atoms with Gasteiger partial charge in [-0.3, -0.25) is 4.79 Å². The molecule has 0 N–H and O–H groups in total. The Labute approximate surface area is 144 Å². The first-order chi connectivity index (χ1) is 11.4.